The Bertz CT molecular complexity index is 774. The Balaban J connectivity index is 1.98. The lowest BCUT2D eigenvalue weighted by Crippen LogP contribution is -2.31. The van der Waals surface area contributed by atoms with Gasteiger partial charge in [0.25, 0.3) is 0 Å². The van der Waals surface area contributed by atoms with Crippen LogP contribution in [0.5, 0.6) is 5.75 Å². The first-order chi connectivity index (χ1) is 11.3. The summed E-state index contributed by atoms with van der Waals surface area (Å²) in [7, 11) is 0. The second-order valence-electron chi connectivity index (χ2n) is 5.98. The van der Waals surface area contributed by atoms with Gasteiger partial charge in [0.2, 0.25) is 11.7 Å². The fourth-order valence-corrected chi connectivity index (χ4v) is 2.95. The lowest BCUT2D eigenvalue weighted by Gasteiger charge is -2.23. The predicted octanol–water partition coefficient (Wildman–Crippen LogP) is 1.10. The van der Waals surface area contributed by atoms with E-state index in [1.807, 2.05) is 0 Å². The number of allylic oxidation sites excluding steroid dienone is 2. The van der Waals surface area contributed by atoms with Crippen molar-refractivity contribution in [3.8, 4) is 5.75 Å². The van der Waals surface area contributed by atoms with E-state index >= 15 is 0 Å². The summed E-state index contributed by atoms with van der Waals surface area (Å²) in [5.74, 6) is -2.61. The molecule has 24 heavy (non-hydrogen) atoms. The van der Waals surface area contributed by atoms with Crippen LogP contribution in [0.25, 0.3) is 0 Å². The van der Waals surface area contributed by atoms with Gasteiger partial charge >= 0.3 is 0 Å². The molecule has 0 atom stereocenters. The van der Waals surface area contributed by atoms with Gasteiger partial charge in [-0.1, -0.05) is 0 Å². The third kappa shape index (κ3) is 2.95. The molecule has 7 heteroatoms. The van der Waals surface area contributed by atoms with E-state index in [-0.39, 0.29) is 22.6 Å². The maximum Gasteiger partial charge on any atom is 0.221 e. The summed E-state index contributed by atoms with van der Waals surface area (Å²) in [5.41, 5.74) is 0.496. The maximum absolute atomic E-state index is 12.5. The van der Waals surface area contributed by atoms with E-state index in [1.165, 1.54) is 19.1 Å². The molecule has 2 N–H and O–H groups in total. The molecule has 126 valence electrons. The molecule has 1 amide bonds. The van der Waals surface area contributed by atoms with E-state index in [2.05, 4.69) is 5.32 Å². The number of phenols is 1. The minimum atomic E-state index is -0.835. The summed E-state index contributed by atoms with van der Waals surface area (Å²) in [4.78, 5) is 35.9. The minimum Gasteiger partial charge on any atom is -0.507 e. The van der Waals surface area contributed by atoms with Crippen LogP contribution >= 0.6 is 0 Å². The molecule has 2 aliphatic rings. The highest BCUT2D eigenvalue weighted by molar-refractivity contribution is 6.26. The van der Waals surface area contributed by atoms with E-state index in [0.717, 1.165) is 6.08 Å². The lowest BCUT2D eigenvalue weighted by atomic mass is 9.89. The summed E-state index contributed by atoms with van der Waals surface area (Å²) < 4.78 is 11.1. The molecule has 1 fully saturated rings. The second-order valence-corrected chi connectivity index (χ2v) is 5.98. The number of Topliss-reactive ketones (excluding diaryl/α,β-unsaturated/α-hetero) is 1. The molecule has 3 rings (SSSR count). The van der Waals surface area contributed by atoms with Gasteiger partial charge in [-0.15, -0.1) is 0 Å². The molecular formula is C17H17NO6. The lowest BCUT2D eigenvalue weighted by molar-refractivity contribution is -0.140. The zero-order valence-electron chi connectivity index (χ0n) is 13.3. The Labute approximate surface area is 138 Å². The maximum atomic E-state index is 12.5. The molecule has 1 aliphatic heterocycles. The average Bonchev–Trinajstić information content (AvgIpc) is 2.89. The van der Waals surface area contributed by atoms with Crippen molar-refractivity contribution in [2.24, 2.45) is 0 Å². The van der Waals surface area contributed by atoms with E-state index < -0.39 is 23.3 Å². The number of carbonyl (C=O) groups excluding carboxylic acids is 3. The number of hydrogen-bond acceptors (Lipinski definition) is 6. The number of aromatic hydroxyl groups is 1. The van der Waals surface area contributed by atoms with Crippen LogP contribution in [0.3, 0.4) is 0 Å². The molecule has 0 radical (unpaired) electrons. The van der Waals surface area contributed by atoms with Crippen molar-refractivity contribution < 1.29 is 29.0 Å². The predicted molar refractivity (Wildman–Crippen MR) is 82.7 cm³/mol. The number of benzene rings is 1. The van der Waals surface area contributed by atoms with Gasteiger partial charge in [0.05, 0.1) is 24.5 Å². The largest absolute Gasteiger partial charge is 0.507 e. The Hall–Kier alpha value is -2.51. The zero-order valence-corrected chi connectivity index (χ0v) is 13.3. The van der Waals surface area contributed by atoms with E-state index in [0.29, 0.717) is 25.2 Å². The summed E-state index contributed by atoms with van der Waals surface area (Å²) >= 11 is 0. The molecule has 1 aliphatic carbocycles. The van der Waals surface area contributed by atoms with E-state index in [9.17, 15) is 19.5 Å². The SMILES string of the molecule is CC(=O)NC1=CC(=O)c2c(O)cc(CC3(C)OCCO3)cc2C1=O. The highest BCUT2D eigenvalue weighted by Gasteiger charge is 2.34. The summed E-state index contributed by atoms with van der Waals surface area (Å²) in [6.07, 6.45) is 1.34. The number of rotatable bonds is 3. The van der Waals surface area contributed by atoms with E-state index in [1.54, 1.807) is 6.92 Å². The molecule has 1 aromatic carbocycles. The van der Waals surface area contributed by atoms with Crippen molar-refractivity contribution in [3.05, 3.63) is 40.6 Å². The molecule has 1 heterocycles. The number of nitrogens with one attached hydrogen (secondary N) is 1. The molecule has 0 aromatic heterocycles. The van der Waals surface area contributed by atoms with Crippen molar-refractivity contribution in [3.63, 3.8) is 0 Å². The first-order valence-corrected chi connectivity index (χ1v) is 7.51. The van der Waals surface area contributed by atoms with Crippen LogP contribution in [0.15, 0.2) is 23.9 Å². The van der Waals surface area contributed by atoms with Crippen molar-refractivity contribution in [1.29, 1.82) is 0 Å². The van der Waals surface area contributed by atoms with Gasteiger partial charge in [-0.05, 0) is 24.6 Å². The first kappa shape index (κ1) is 16.4. The highest BCUT2D eigenvalue weighted by atomic mass is 16.7. The molecular weight excluding hydrogens is 314 g/mol. The van der Waals surface area contributed by atoms with Gasteiger partial charge < -0.3 is 19.9 Å². The number of ether oxygens (including phenoxy) is 2. The topological polar surface area (TPSA) is 102 Å². The van der Waals surface area contributed by atoms with Gasteiger partial charge in [-0.2, -0.15) is 0 Å². The summed E-state index contributed by atoms with van der Waals surface area (Å²) in [6, 6.07) is 2.96. The number of fused-ring (bicyclic) bond motifs is 1. The first-order valence-electron chi connectivity index (χ1n) is 7.51. The Kier molecular flexibility index (Phi) is 3.98. The third-order valence-electron chi connectivity index (χ3n) is 3.92. The Morgan fingerprint density at radius 1 is 1.29 bits per heavy atom. The van der Waals surface area contributed by atoms with Crippen molar-refractivity contribution >= 4 is 17.5 Å². The zero-order chi connectivity index (χ0) is 17.5. The molecule has 7 nitrogen and oxygen atoms in total. The van der Waals surface area contributed by atoms with Crippen LogP contribution in [0.2, 0.25) is 0 Å². The van der Waals surface area contributed by atoms with Crippen molar-refractivity contribution in [1.82, 2.24) is 5.32 Å². The van der Waals surface area contributed by atoms with Gasteiger partial charge in [-0.25, -0.2) is 0 Å². The number of ketones is 2. The van der Waals surface area contributed by atoms with Crippen molar-refractivity contribution in [2.45, 2.75) is 26.1 Å². The monoisotopic (exact) mass is 331 g/mol. The second kappa shape index (κ2) is 5.85. The molecule has 1 aromatic rings. The third-order valence-corrected chi connectivity index (χ3v) is 3.92. The number of phenolic OH excluding ortho intramolecular Hbond substituents is 1. The highest BCUT2D eigenvalue weighted by Crippen LogP contribution is 2.32. The van der Waals surface area contributed by atoms with Crippen LogP contribution in [0.4, 0.5) is 0 Å². The average molecular weight is 331 g/mol. The van der Waals surface area contributed by atoms with Gasteiger partial charge in [0.1, 0.15) is 5.75 Å². The normalized spacial score (nSPS) is 19.0. The smallest absolute Gasteiger partial charge is 0.221 e. The number of hydrogen-bond donors (Lipinski definition) is 2. The molecule has 0 saturated carbocycles. The minimum absolute atomic E-state index is 0.0582. The quantitative estimate of drug-likeness (QED) is 0.860. The fraction of sp³-hybridized carbons (Fsp3) is 0.353. The van der Waals surface area contributed by atoms with Gasteiger partial charge in [0.15, 0.2) is 11.6 Å². The van der Waals surface area contributed by atoms with Gasteiger partial charge in [-0.3, -0.25) is 14.4 Å². The fourth-order valence-electron chi connectivity index (χ4n) is 2.95. The van der Waals surface area contributed by atoms with Crippen LogP contribution in [0.1, 0.15) is 40.1 Å². The number of amides is 1. The Morgan fingerprint density at radius 3 is 2.58 bits per heavy atom. The molecule has 0 spiro atoms. The molecule has 0 unspecified atom stereocenters. The standard InChI is InChI=1S/C17H17NO6/c1-9(19)18-12-7-14(21)15-11(16(12)22)5-10(6-13(15)20)8-17(2)23-3-4-24-17/h5-7,20H,3-4,8H2,1-2H3,(H,18,19). The number of carbonyl (C=O) groups is 3. The summed E-state index contributed by atoms with van der Waals surface area (Å²) in [6.45, 7) is 3.96. The van der Waals surface area contributed by atoms with Crippen LogP contribution in [-0.2, 0) is 20.7 Å². The Morgan fingerprint density at radius 2 is 1.96 bits per heavy atom. The van der Waals surface area contributed by atoms with Gasteiger partial charge in [0, 0.05) is 25.0 Å². The van der Waals surface area contributed by atoms with Crippen LogP contribution in [-0.4, -0.2) is 41.6 Å². The molecule has 1 saturated heterocycles. The van der Waals surface area contributed by atoms with E-state index in [4.69, 9.17) is 9.47 Å². The van der Waals surface area contributed by atoms with Crippen LogP contribution < -0.4 is 5.32 Å². The summed E-state index contributed by atoms with van der Waals surface area (Å²) in [5, 5.41) is 12.5. The van der Waals surface area contributed by atoms with Crippen molar-refractivity contribution in [2.75, 3.05) is 13.2 Å². The van der Waals surface area contributed by atoms with Crippen LogP contribution in [0, 0.1) is 0 Å². The molecule has 0 bridgehead atoms.